The third kappa shape index (κ3) is 2.56. The molecule has 0 N–H and O–H groups in total. The van der Waals surface area contributed by atoms with Gasteiger partial charge in [0.2, 0.25) is 5.95 Å². The van der Waals surface area contributed by atoms with Gasteiger partial charge in [-0.25, -0.2) is 9.97 Å². The van der Waals surface area contributed by atoms with Gasteiger partial charge in [-0.2, -0.15) is 0 Å². The van der Waals surface area contributed by atoms with Gasteiger partial charge in [0, 0.05) is 31.5 Å². The van der Waals surface area contributed by atoms with E-state index < -0.39 is 0 Å². The van der Waals surface area contributed by atoms with Gasteiger partial charge >= 0.3 is 0 Å². The standard InChI is InChI=1S/C10H10BrN3O/c1-14(6-8-2-3-15-7-8)10-12-4-9(11)5-13-10/h2-5,7H,6H2,1H3. The van der Waals surface area contributed by atoms with E-state index in [0.29, 0.717) is 5.95 Å². The zero-order chi connectivity index (χ0) is 10.7. The van der Waals surface area contributed by atoms with E-state index in [0.717, 1.165) is 16.6 Å². The van der Waals surface area contributed by atoms with E-state index in [1.54, 1.807) is 24.9 Å². The number of furan rings is 1. The van der Waals surface area contributed by atoms with Crippen LogP contribution < -0.4 is 4.90 Å². The first-order valence-electron chi connectivity index (χ1n) is 4.45. The highest BCUT2D eigenvalue weighted by Crippen LogP contribution is 2.12. The van der Waals surface area contributed by atoms with Crippen molar-refractivity contribution in [2.24, 2.45) is 0 Å². The molecule has 0 aliphatic rings. The predicted octanol–water partition coefficient (Wildman–Crippen LogP) is 2.47. The van der Waals surface area contributed by atoms with Crippen molar-refractivity contribution >= 4 is 21.9 Å². The van der Waals surface area contributed by atoms with Crippen molar-refractivity contribution in [1.82, 2.24) is 9.97 Å². The van der Waals surface area contributed by atoms with E-state index >= 15 is 0 Å². The van der Waals surface area contributed by atoms with Crippen LogP contribution in [0.1, 0.15) is 5.56 Å². The molecule has 0 saturated heterocycles. The van der Waals surface area contributed by atoms with Crippen molar-refractivity contribution in [2.45, 2.75) is 6.54 Å². The molecule has 4 nitrogen and oxygen atoms in total. The highest BCUT2D eigenvalue weighted by atomic mass is 79.9. The average molecular weight is 268 g/mol. The minimum atomic E-state index is 0.694. The monoisotopic (exact) mass is 267 g/mol. The molecule has 0 bridgehead atoms. The van der Waals surface area contributed by atoms with E-state index in [1.807, 2.05) is 18.0 Å². The van der Waals surface area contributed by atoms with Crippen LogP contribution in [0.15, 0.2) is 39.9 Å². The van der Waals surface area contributed by atoms with Crippen LogP contribution in [-0.4, -0.2) is 17.0 Å². The van der Waals surface area contributed by atoms with Gasteiger partial charge in [0.15, 0.2) is 0 Å². The summed E-state index contributed by atoms with van der Waals surface area (Å²) in [6, 6.07) is 1.93. The van der Waals surface area contributed by atoms with Crippen molar-refractivity contribution in [2.75, 3.05) is 11.9 Å². The van der Waals surface area contributed by atoms with Gasteiger partial charge in [0.05, 0.1) is 17.0 Å². The lowest BCUT2D eigenvalue weighted by Crippen LogP contribution is -2.18. The Balaban J connectivity index is 2.08. The number of rotatable bonds is 3. The van der Waals surface area contributed by atoms with Crippen molar-refractivity contribution in [3.8, 4) is 0 Å². The third-order valence-corrected chi connectivity index (χ3v) is 2.36. The Morgan fingerprint density at radius 3 is 2.73 bits per heavy atom. The van der Waals surface area contributed by atoms with Gasteiger partial charge in [-0.15, -0.1) is 0 Å². The Hall–Kier alpha value is -1.36. The molecule has 0 radical (unpaired) electrons. The van der Waals surface area contributed by atoms with Gasteiger partial charge in [0.1, 0.15) is 0 Å². The van der Waals surface area contributed by atoms with Crippen LogP contribution in [0.25, 0.3) is 0 Å². The van der Waals surface area contributed by atoms with Crippen molar-refractivity contribution < 1.29 is 4.42 Å². The lowest BCUT2D eigenvalue weighted by Gasteiger charge is -2.15. The molecule has 2 aromatic rings. The Kier molecular flexibility index (Phi) is 3.01. The summed E-state index contributed by atoms with van der Waals surface area (Å²) in [5.41, 5.74) is 1.10. The molecule has 0 fully saturated rings. The maximum Gasteiger partial charge on any atom is 0.225 e. The molecule has 2 rings (SSSR count). The fourth-order valence-corrected chi connectivity index (χ4v) is 1.43. The number of hydrogen-bond donors (Lipinski definition) is 0. The second-order valence-corrected chi connectivity index (χ2v) is 4.10. The molecule has 0 unspecified atom stereocenters. The highest BCUT2D eigenvalue weighted by molar-refractivity contribution is 9.10. The molecule has 0 aliphatic heterocycles. The smallest absolute Gasteiger partial charge is 0.225 e. The van der Waals surface area contributed by atoms with E-state index in [1.165, 1.54) is 0 Å². The molecule has 0 aliphatic carbocycles. The summed E-state index contributed by atoms with van der Waals surface area (Å²) in [7, 11) is 1.94. The van der Waals surface area contributed by atoms with E-state index in [4.69, 9.17) is 4.42 Å². The summed E-state index contributed by atoms with van der Waals surface area (Å²) in [5.74, 6) is 0.694. The Morgan fingerprint density at radius 1 is 1.40 bits per heavy atom. The average Bonchev–Trinajstić information content (AvgIpc) is 2.71. The summed E-state index contributed by atoms with van der Waals surface area (Å²) in [6.45, 7) is 0.734. The molecule has 0 spiro atoms. The molecule has 15 heavy (non-hydrogen) atoms. The van der Waals surface area contributed by atoms with Gasteiger partial charge in [-0.05, 0) is 22.0 Å². The predicted molar refractivity (Wildman–Crippen MR) is 60.5 cm³/mol. The van der Waals surface area contributed by atoms with E-state index in [-0.39, 0.29) is 0 Å². The van der Waals surface area contributed by atoms with Gasteiger partial charge in [-0.1, -0.05) is 0 Å². The number of halogens is 1. The van der Waals surface area contributed by atoms with Gasteiger partial charge in [0.25, 0.3) is 0 Å². The van der Waals surface area contributed by atoms with Gasteiger partial charge < -0.3 is 9.32 Å². The molecule has 0 saturated carbocycles. The molecule has 2 aromatic heterocycles. The molecular formula is C10H10BrN3O. The Labute approximate surface area is 96.1 Å². The topological polar surface area (TPSA) is 42.2 Å². The second kappa shape index (κ2) is 4.44. The molecule has 0 amide bonds. The highest BCUT2D eigenvalue weighted by Gasteiger charge is 2.05. The van der Waals surface area contributed by atoms with Crippen LogP contribution in [0.5, 0.6) is 0 Å². The fourth-order valence-electron chi connectivity index (χ4n) is 1.23. The van der Waals surface area contributed by atoms with Crippen LogP contribution in [0.3, 0.4) is 0 Å². The molecule has 78 valence electrons. The Bertz CT molecular complexity index is 413. The minimum Gasteiger partial charge on any atom is -0.472 e. The van der Waals surface area contributed by atoms with E-state index in [2.05, 4.69) is 25.9 Å². The van der Waals surface area contributed by atoms with Crippen molar-refractivity contribution in [1.29, 1.82) is 0 Å². The zero-order valence-electron chi connectivity index (χ0n) is 8.22. The molecular weight excluding hydrogens is 258 g/mol. The lowest BCUT2D eigenvalue weighted by molar-refractivity contribution is 0.563. The summed E-state index contributed by atoms with van der Waals surface area (Å²) >= 11 is 3.30. The largest absolute Gasteiger partial charge is 0.472 e. The summed E-state index contributed by atoms with van der Waals surface area (Å²) in [4.78, 5) is 10.3. The first-order valence-corrected chi connectivity index (χ1v) is 5.25. The zero-order valence-corrected chi connectivity index (χ0v) is 9.81. The summed E-state index contributed by atoms with van der Waals surface area (Å²) in [5, 5.41) is 0. The van der Waals surface area contributed by atoms with Crippen LogP contribution >= 0.6 is 15.9 Å². The van der Waals surface area contributed by atoms with Crippen molar-refractivity contribution in [3.05, 3.63) is 41.0 Å². The molecule has 0 aromatic carbocycles. The first kappa shape index (κ1) is 10.2. The summed E-state index contributed by atoms with van der Waals surface area (Å²) in [6.07, 6.45) is 6.84. The normalized spacial score (nSPS) is 10.3. The summed E-state index contributed by atoms with van der Waals surface area (Å²) < 4.78 is 5.87. The lowest BCUT2D eigenvalue weighted by atomic mass is 10.3. The molecule has 5 heteroatoms. The maximum absolute atomic E-state index is 5.00. The third-order valence-electron chi connectivity index (χ3n) is 1.95. The fraction of sp³-hybridized carbons (Fsp3) is 0.200. The van der Waals surface area contributed by atoms with Crippen LogP contribution in [-0.2, 0) is 6.54 Å². The number of hydrogen-bond acceptors (Lipinski definition) is 4. The molecule has 0 atom stereocenters. The Morgan fingerprint density at radius 2 is 2.13 bits per heavy atom. The maximum atomic E-state index is 5.00. The minimum absolute atomic E-state index is 0.694. The SMILES string of the molecule is CN(Cc1ccoc1)c1ncc(Br)cn1. The van der Waals surface area contributed by atoms with Gasteiger partial charge in [-0.3, -0.25) is 0 Å². The second-order valence-electron chi connectivity index (χ2n) is 3.19. The number of aromatic nitrogens is 2. The number of nitrogens with zero attached hydrogens (tertiary/aromatic N) is 3. The quantitative estimate of drug-likeness (QED) is 0.857. The van der Waals surface area contributed by atoms with Crippen LogP contribution in [0.4, 0.5) is 5.95 Å². The van der Waals surface area contributed by atoms with Crippen LogP contribution in [0, 0.1) is 0 Å². The molecule has 2 heterocycles. The van der Waals surface area contributed by atoms with Crippen LogP contribution in [0.2, 0.25) is 0 Å². The van der Waals surface area contributed by atoms with Crippen molar-refractivity contribution in [3.63, 3.8) is 0 Å². The first-order chi connectivity index (χ1) is 7.25. The number of anilines is 1. The van der Waals surface area contributed by atoms with E-state index in [9.17, 15) is 0 Å².